The summed E-state index contributed by atoms with van der Waals surface area (Å²) in [5, 5.41) is 3.30. The molecular weight excluding hydrogens is 202 g/mol. The van der Waals surface area contributed by atoms with Crippen molar-refractivity contribution in [3.8, 4) is 0 Å². The lowest BCUT2D eigenvalue weighted by Gasteiger charge is -2.06. The summed E-state index contributed by atoms with van der Waals surface area (Å²) in [7, 11) is 0. The van der Waals surface area contributed by atoms with E-state index < -0.39 is 0 Å². The minimum absolute atomic E-state index is 0.810. The van der Waals surface area contributed by atoms with Crippen molar-refractivity contribution in [2.24, 2.45) is 0 Å². The summed E-state index contributed by atoms with van der Waals surface area (Å²) >= 11 is 0. The maximum Gasteiger partial charge on any atom is 0.0590 e. The lowest BCUT2D eigenvalue weighted by molar-refractivity contribution is 0.119. The first-order valence-electron chi connectivity index (χ1n) is 6.78. The molecular formula is C13H29NO2. The lowest BCUT2D eigenvalue weighted by atomic mass is 10.2. The zero-order valence-corrected chi connectivity index (χ0v) is 11.1. The Morgan fingerprint density at radius 2 is 1.38 bits per heavy atom. The molecule has 0 unspecified atom stereocenters. The van der Waals surface area contributed by atoms with Crippen molar-refractivity contribution in [3.63, 3.8) is 0 Å². The van der Waals surface area contributed by atoms with Gasteiger partial charge in [0.25, 0.3) is 0 Å². The van der Waals surface area contributed by atoms with Crippen LogP contribution >= 0.6 is 0 Å². The van der Waals surface area contributed by atoms with Crippen molar-refractivity contribution in [1.82, 2.24) is 5.32 Å². The van der Waals surface area contributed by atoms with Crippen LogP contribution in [0, 0.1) is 0 Å². The first-order valence-corrected chi connectivity index (χ1v) is 6.78. The molecule has 98 valence electrons. The van der Waals surface area contributed by atoms with Crippen LogP contribution in [0.25, 0.3) is 0 Å². The van der Waals surface area contributed by atoms with Crippen LogP contribution in [0.15, 0.2) is 0 Å². The molecule has 3 nitrogen and oxygen atoms in total. The maximum atomic E-state index is 5.50. The van der Waals surface area contributed by atoms with Crippen molar-refractivity contribution in [3.05, 3.63) is 0 Å². The molecule has 0 bridgehead atoms. The van der Waals surface area contributed by atoms with Gasteiger partial charge in [0.15, 0.2) is 0 Å². The molecule has 0 aliphatic carbocycles. The smallest absolute Gasteiger partial charge is 0.0590 e. The summed E-state index contributed by atoms with van der Waals surface area (Å²) in [5.74, 6) is 0. The van der Waals surface area contributed by atoms with Crippen molar-refractivity contribution in [2.45, 2.75) is 46.0 Å². The molecule has 0 aliphatic rings. The number of hydrogen-bond acceptors (Lipinski definition) is 3. The van der Waals surface area contributed by atoms with Crippen LogP contribution < -0.4 is 5.32 Å². The van der Waals surface area contributed by atoms with Crippen molar-refractivity contribution < 1.29 is 9.47 Å². The summed E-state index contributed by atoms with van der Waals surface area (Å²) in [4.78, 5) is 0. The average Bonchev–Trinajstić information content (AvgIpc) is 2.31. The van der Waals surface area contributed by atoms with Gasteiger partial charge in [-0.3, -0.25) is 0 Å². The summed E-state index contributed by atoms with van der Waals surface area (Å²) in [5.41, 5.74) is 0. The normalized spacial score (nSPS) is 10.9. The van der Waals surface area contributed by atoms with Crippen LogP contribution in [0.2, 0.25) is 0 Å². The molecule has 0 aromatic rings. The molecule has 16 heavy (non-hydrogen) atoms. The lowest BCUT2D eigenvalue weighted by Crippen LogP contribution is -2.24. The second kappa shape index (κ2) is 14.9. The Balaban J connectivity index is 2.83. The van der Waals surface area contributed by atoms with Crippen LogP contribution in [0.4, 0.5) is 0 Å². The zero-order valence-electron chi connectivity index (χ0n) is 11.1. The Hall–Kier alpha value is -0.120. The minimum Gasteiger partial charge on any atom is -0.380 e. The van der Waals surface area contributed by atoms with Gasteiger partial charge in [0, 0.05) is 26.3 Å². The molecule has 0 rings (SSSR count). The van der Waals surface area contributed by atoms with E-state index in [1.165, 1.54) is 25.7 Å². The van der Waals surface area contributed by atoms with Crippen LogP contribution in [0.1, 0.15) is 46.0 Å². The monoisotopic (exact) mass is 231 g/mol. The minimum atomic E-state index is 0.810. The standard InChI is InChI=1S/C13H29NO2/c1-3-5-6-7-11-16-13-9-14-8-12-15-10-4-2/h14H,3-13H2,1-2H3. The molecule has 0 amide bonds. The van der Waals surface area contributed by atoms with E-state index in [4.69, 9.17) is 9.47 Å². The Kier molecular flexibility index (Phi) is 14.8. The van der Waals surface area contributed by atoms with Crippen LogP contribution in [0.3, 0.4) is 0 Å². The van der Waals surface area contributed by atoms with Gasteiger partial charge in [0.1, 0.15) is 0 Å². The van der Waals surface area contributed by atoms with Crippen LogP contribution in [0.5, 0.6) is 0 Å². The zero-order chi connectivity index (χ0) is 11.9. The maximum absolute atomic E-state index is 5.50. The summed E-state index contributed by atoms with van der Waals surface area (Å²) in [6, 6.07) is 0. The van der Waals surface area contributed by atoms with Gasteiger partial charge in [0.2, 0.25) is 0 Å². The molecule has 3 heteroatoms. The summed E-state index contributed by atoms with van der Waals surface area (Å²) < 4.78 is 10.9. The molecule has 0 saturated heterocycles. The third-order valence-corrected chi connectivity index (χ3v) is 2.34. The van der Waals surface area contributed by atoms with E-state index in [0.717, 1.165) is 45.9 Å². The van der Waals surface area contributed by atoms with E-state index in [1.807, 2.05) is 0 Å². The molecule has 0 saturated carbocycles. The highest BCUT2D eigenvalue weighted by Crippen LogP contribution is 1.98. The van der Waals surface area contributed by atoms with Gasteiger partial charge in [-0.2, -0.15) is 0 Å². The molecule has 0 aromatic carbocycles. The Morgan fingerprint density at radius 1 is 0.688 bits per heavy atom. The number of nitrogens with one attached hydrogen (secondary N) is 1. The molecule has 0 spiro atoms. The fourth-order valence-corrected chi connectivity index (χ4v) is 1.39. The number of rotatable bonds is 13. The highest BCUT2D eigenvalue weighted by Gasteiger charge is 1.90. The van der Waals surface area contributed by atoms with Crippen LogP contribution in [-0.2, 0) is 9.47 Å². The van der Waals surface area contributed by atoms with Gasteiger partial charge in [-0.05, 0) is 12.8 Å². The number of hydrogen-bond donors (Lipinski definition) is 1. The molecule has 0 radical (unpaired) electrons. The van der Waals surface area contributed by atoms with E-state index in [1.54, 1.807) is 0 Å². The molecule has 0 heterocycles. The Bertz CT molecular complexity index is 107. The van der Waals surface area contributed by atoms with E-state index >= 15 is 0 Å². The topological polar surface area (TPSA) is 30.5 Å². The fraction of sp³-hybridized carbons (Fsp3) is 1.00. The summed E-state index contributed by atoms with van der Waals surface area (Å²) in [6.07, 6.45) is 6.22. The number of unbranched alkanes of at least 4 members (excludes halogenated alkanes) is 3. The SMILES string of the molecule is CCCCCCOCCNCCOCCC. The van der Waals surface area contributed by atoms with Gasteiger partial charge in [0.05, 0.1) is 13.2 Å². The Labute approximate surface area is 101 Å². The first kappa shape index (κ1) is 15.9. The third kappa shape index (κ3) is 13.9. The van der Waals surface area contributed by atoms with Gasteiger partial charge in [-0.25, -0.2) is 0 Å². The van der Waals surface area contributed by atoms with Crippen molar-refractivity contribution in [2.75, 3.05) is 39.5 Å². The van der Waals surface area contributed by atoms with Crippen molar-refractivity contribution >= 4 is 0 Å². The van der Waals surface area contributed by atoms with Crippen molar-refractivity contribution in [1.29, 1.82) is 0 Å². The highest BCUT2D eigenvalue weighted by molar-refractivity contribution is 4.45. The van der Waals surface area contributed by atoms with Gasteiger partial charge >= 0.3 is 0 Å². The molecule has 0 fully saturated rings. The summed E-state index contributed by atoms with van der Waals surface area (Å²) in [6.45, 7) is 9.63. The highest BCUT2D eigenvalue weighted by atomic mass is 16.5. The first-order chi connectivity index (χ1) is 7.91. The molecule has 0 aromatic heterocycles. The molecule has 0 atom stereocenters. The van der Waals surface area contributed by atoms with Gasteiger partial charge in [-0.15, -0.1) is 0 Å². The second-order valence-electron chi connectivity index (χ2n) is 4.04. The second-order valence-corrected chi connectivity index (χ2v) is 4.04. The molecule has 0 aliphatic heterocycles. The Morgan fingerprint density at radius 3 is 2.00 bits per heavy atom. The fourth-order valence-electron chi connectivity index (χ4n) is 1.39. The predicted molar refractivity (Wildman–Crippen MR) is 68.9 cm³/mol. The largest absolute Gasteiger partial charge is 0.380 e. The van der Waals surface area contributed by atoms with E-state index in [2.05, 4.69) is 19.2 Å². The van der Waals surface area contributed by atoms with E-state index in [-0.39, 0.29) is 0 Å². The number of ether oxygens (including phenoxy) is 2. The van der Waals surface area contributed by atoms with Crippen LogP contribution in [-0.4, -0.2) is 39.5 Å². The van der Waals surface area contributed by atoms with Gasteiger partial charge < -0.3 is 14.8 Å². The third-order valence-electron chi connectivity index (χ3n) is 2.34. The molecule has 1 N–H and O–H groups in total. The van der Waals surface area contributed by atoms with E-state index in [0.29, 0.717) is 0 Å². The quantitative estimate of drug-likeness (QED) is 0.494. The predicted octanol–water partition coefficient (Wildman–Crippen LogP) is 2.60. The average molecular weight is 231 g/mol. The van der Waals surface area contributed by atoms with Gasteiger partial charge in [-0.1, -0.05) is 33.1 Å². The van der Waals surface area contributed by atoms with E-state index in [9.17, 15) is 0 Å².